The highest BCUT2D eigenvalue weighted by atomic mass is 16.7. The molecular weight excluding hydrogens is 628 g/mol. The number of ether oxygens (including phenoxy) is 4. The van der Waals surface area contributed by atoms with Crippen molar-refractivity contribution in [3.8, 4) is 0 Å². The number of aliphatic hydroxyl groups is 8. The monoisotopic (exact) mass is 682 g/mol. The largest absolute Gasteiger partial charge is 0.394 e. The molecule has 17 nitrogen and oxygen atoms in total. The molecule has 0 aliphatic carbocycles. The maximum Gasteiger partial charge on any atom is 0.220 e. The lowest BCUT2D eigenvalue weighted by Gasteiger charge is -2.43. The molecule has 0 saturated carbocycles. The van der Waals surface area contributed by atoms with Gasteiger partial charge in [-0.3, -0.25) is 14.4 Å². The smallest absolute Gasteiger partial charge is 0.220 e. The fourth-order valence-corrected chi connectivity index (χ4v) is 5.29. The summed E-state index contributed by atoms with van der Waals surface area (Å²) in [7, 11) is 0. The molecular formula is C30H54N2O15. The van der Waals surface area contributed by atoms with Gasteiger partial charge >= 0.3 is 0 Å². The zero-order valence-corrected chi connectivity index (χ0v) is 26.9. The quantitative estimate of drug-likeness (QED) is 0.0501. The van der Waals surface area contributed by atoms with Crippen LogP contribution in [0.2, 0.25) is 0 Å². The Morgan fingerprint density at radius 2 is 1.45 bits per heavy atom. The number of carbonyl (C=O) groups excluding carboxylic acids is 3. The van der Waals surface area contributed by atoms with Gasteiger partial charge in [0.1, 0.15) is 36.1 Å². The molecule has 0 aromatic carbocycles. The van der Waals surface area contributed by atoms with Gasteiger partial charge in [-0.15, -0.1) is 0 Å². The Bertz CT molecular complexity index is 943. The van der Waals surface area contributed by atoms with Crippen molar-refractivity contribution in [2.45, 2.75) is 132 Å². The average Bonchev–Trinajstić information content (AvgIpc) is 3.05. The summed E-state index contributed by atoms with van der Waals surface area (Å²) in [5.41, 5.74) is -1.84. The van der Waals surface area contributed by atoms with Gasteiger partial charge in [-0.05, 0) is 51.9 Å². The first-order chi connectivity index (χ1) is 22.4. The van der Waals surface area contributed by atoms with E-state index in [4.69, 9.17) is 18.9 Å². The number of nitrogens with one attached hydrogen (secondary N) is 2. The van der Waals surface area contributed by atoms with Crippen LogP contribution in [0.1, 0.15) is 71.1 Å². The molecule has 47 heavy (non-hydrogen) atoms. The highest BCUT2D eigenvalue weighted by Gasteiger charge is 2.48. The second kappa shape index (κ2) is 21.3. The Balaban J connectivity index is 1.53. The minimum Gasteiger partial charge on any atom is -0.394 e. The van der Waals surface area contributed by atoms with Crippen LogP contribution in [0.15, 0.2) is 0 Å². The van der Waals surface area contributed by atoms with Gasteiger partial charge in [0.25, 0.3) is 0 Å². The Hall–Kier alpha value is -1.87. The third-order valence-corrected chi connectivity index (χ3v) is 8.27. The Labute approximate surface area is 274 Å². The van der Waals surface area contributed by atoms with Gasteiger partial charge in [-0.25, -0.2) is 0 Å². The van der Waals surface area contributed by atoms with E-state index in [0.29, 0.717) is 51.5 Å². The van der Waals surface area contributed by atoms with Gasteiger partial charge < -0.3 is 70.4 Å². The van der Waals surface area contributed by atoms with Gasteiger partial charge in [0, 0.05) is 39.0 Å². The zero-order chi connectivity index (χ0) is 35.0. The van der Waals surface area contributed by atoms with Crippen molar-refractivity contribution in [3.63, 3.8) is 0 Å². The fraction of sp³-hybridized carbons (Fsp3) is 0.900. The number of unbranched alkanes of at least 4 members (excludes halogenated alkanes) is 3. The summed E-state index contributed by atoms with van der Waals surface area (Å²) in [6.07, 6.45) is -6.70. The average molecular weight is 683 g/mol. The molecule has 10 N–H and O–H groups in total. The standard InChI is InChI=1S/C30H54N2O15/c1-18(36)20(32-23(38)10-4-7-12-44-28-26(41)25(40)24(39)21(16-34)47-28)8-2-5-11-31-22(37)9-3-6-13-45-29-27(42)30(43,17-35)14-19(15-33)46-29/h19-21,24-29,33-35,39-43H,2-17H2,1H3,(H,31,37)(H,32,38)/t19?,20-,21?,24?,25?,26?,27?,28?,29?,30?/m1/s1. The van der Waals surface area contributed by atoms with E-state index in [9.17, 15) is 55.2 Å². The molecule has 274 valence electrons. The van der Waals surface area contributed by atoms with Gasteiger partial charge in [-0.1, -0.05) is 0 Å². The summed E-state index contributed by atoms with van der Waals surface area (Å²) in [6.45, 7) is 0.327. The second-order valence-electron chi connectivity index (χ2n) is 12.1. The van der Waals surface area contributed by atoms with E-state index in [1.54, 1.807) is 0 Å². The summed E-state index contributed by atoms with van der Waals surface area (Å²) in [4.78, 5) is 36.6. The van der Waals surface area contributed by atoms with Crippen molar-refractivity contribution >= 4 is 17.6 Å². The number of carbonyl (C=O) groups is 3. The molecule has 0 aromatic heterocycles. The number of hydrogen-bond donors (Lipinski definition) is 10. The number of amides is 2. The normalized spacial score (nSPS) is 31.7. The number of Topliss-reactive ketones (excluding diaryl/α,β-unsaturated/α-hetero) is 1. The summed E-state index contributed by atoms with van der Waals surface area (Å²) in [6, 6.07) is -0.656. The first-order valence-electron chi connectivity index (χ1n) is 16.2. The minimum absolute atomic E-state index is 0.0909. The maximum atomic E-state index is 12.4. The molecule has 2 aliphatic heterocycles. The minimum atomic E-state index is -1.84. The zero-order valence-electron chi connectivity index (χ0n) is 26.9. The molecule has 9 unspecified atom stereocenters. The lowest BCUT2D eigenvalue weighted by atomic mass is 9.88. The van der Waals surface area contributed by atoms with E-state index >= 15 is 0 Å². The van der Waals surface area contributed by atoms with E-state index in [2.05, 4.69) is 10.6 Å². The topological polar surface area (TPSA) is 274 Å². The van der Waals surface area contributed by atoms with Gasteiger partial charge in [-0.2, -0.15) is 0 Å². The Morgan fingerprint density at radius 3 is 2.04 bits per heavy atom. The summed E-state index contributed by atoms with van der Waals surface area (Å²) in [5, 5.41) is 83.7. The van der Waals surface area contributed by atoms with Crippen LogP contribution in [0.4, 0.5) is 0 Å². The van der Waals surface area contributed by atoms with Gasteiger partial charge in [0.15, 0.2) is 18.4 Å². The van der Waals surface area contributed by atoms with Gasteiger partial charge in [0.05, 0.1) is 32.0 Å². The lowest BCUT2D eigenvalue weighted by Crippen LogP contribution is -2.60. The van der Waals surface area contributed by atoms with Crippen molar-refractivity contribution in [1.82, 2.24) is 10.6 Å². The molecule has 17 heteroatoms. The molecule has 2 saturated heterocycles. The van der Waals surface area contributed by atoms with Crippen molar-refractivity contribution in [2.24, 2.45) is 0 Å². The summed E-state index contributed by atoms with van der Waals surface area (Å²) in [5.74, 6) is -0.660. The highest BCUT2D eigenvalue weighted by Crippen LogP contribution is 2.30. The first-order valence-corrected chi connectivity index (χ1v) is 16.2. The van der Waals surface area contributed by atoms with E-state index in [1.165, 1.54) is 6.92 Å². The molecule has 0 spiro atoms. The molecule has 0 radical (unpaired) electrons. The molecule has 0 bridgehead atoms. The van der Waals surface area contributed by atoms with E-state index in [-0.39, 0.29) is 50.1 Å². The SMILES string of the molecule is CC(=O)[C@@H](CCCCNC(=O)CCCCOC1OC(CO)CC(O)(CO)C1O)NC(=O)CCCCOC1OC(CO)C(O)C(O)C1O. The molecule has 0 aromatic rings. The van der Waals surface area contributed by atoms with E-state index in [1.807, 2.05) is 0 Å². The van der Waals surface area contributed by atoms with Gasteiger partial charge in [0.2, 0.25) is 11.8 Å². The predicted molar refractivity (Wildman–Crippen MR) is 161 cm³/mol. The van der Waals surface area contributed by atoms with Crippen LogP contribution >= 0.6 is 0 Å². The fourth-order valence-electron chi connectivity index (χ4n) is 5.29. The van der Waals surface area contributed by atoms with Crippen molar-refractivity contribution in [1.29, 1.82) is 0 Å². The number of ketones is 1. The summed E-state index contributed by atoms with van der Waals surface area (Å²) < 4.78 is 21.6. The number of aliphatic hydroxyl groups excluding tert-OH is 7. The Kier molecular flexibility index (Phi) is 18.7. The van der Waals surface area contributed by atoms with Crippen molar-refractivity contribution < 1.29 is 74.2 Å². The van der Waals surface area contributed by atoms with Crippen LogP contribution in [0, 0.1) is 0 Å². The second-order valence-corrected chi connectivity index (χ2v) is 12.1. The van der Waals surface area contributed by atoms with Crippen molar-refractivity contribution in [2.75, 3.05) is 39.6 Å². The molecule has 2 aliphatic rings. The van der Waals surface area contributed by atoms with Crippen LogP contribution in [-0.2, 0) is 33.3 Å². The van der Waals surface area contributed by atoms with E-state index < -0.39 is 80.7 Å². The number of rotatable bonds is 22. The maximum absolute atomic E-state index is 12.4. The number of hydrogen-bond acceptors (Lipinski definition) is 15. The Morgan fingerprint density at radius 1 is 0.809 bits per heavy atom. The molecule has 2 amide bonds. The van der Waals surface area contributed by atoms with Crippen LogP contribution < -0.4 is 10.6 Å². The van der Waals surface area contributed by atoms with Crippen LogP contribution in [-0.4, -0.2) is 159 Å². The third-order valence-electron chi connectivity index (χ3n) is 8.27. The lowest BCUT2D eigenvalue weighted by molar-refractivity contribution is -0.304. The van der Waals surface area contributed by atoms with Crippen LogP contribution in [0.25, 0.3) is 0 Å². The molecule has 2 rings (SSSR count). The predicted octanol–water partition coefficient (Wildman–Crippen LogP) is -3.29. The molecule has 2 fully saturated rings. The van der Waals surface area contributed by atoms with E-state index in [0.717, 1.165) is 0 Å². The van der Waals surface area contributed by atoms with Crippen LogP contribution in [0.5, 0.6) is 0 Å². The summed E-state index contributed by atoms with van der Waals surface area (Å²) >= 11 is 0. The van der Waals surface area contributed by atoms with Crippen LogP contribution in [0.3, 0.4) is 0 Å². The highest BCUT2D eigenvalue weighted by molar-refractivity contribution is 5.87. The third kappa shape index (κ3) is 13.5. The first kappa shape index (κ1) is 41.3. The molecule has 10 atom stereocenters. The molecule has 2 heterocycles. The van der Waals surface area contributed by atoms with Crippen molar-refractivity contribution in [3.05, 3.63) is 0 Å².